The van der Waals surface area contributed by atoms with Crippen molar-refractivity contribution in [1.82, 2.24) is 9.55 Å². The van der Waals surface area contributed by atoms with Gasteiger partial charge in [0.1, 0.15) is 22.8 Å². The van der Waals surface area contributed by atoms with Gasteiger partial charge in [-0.25, -0.2) is 4.98 Å². The normalized spacial score (nSPS) is 13.8. The van der Waals surface area contributed by atoms with E-state index in [1.54, 1.807) is 12.1 Å². The van der Waals surface area contributed by atoms with Crippen molar-refractivity contribution in [1.29, 1.82) is 0 Å². The molecule has 24 heavy (non-hydrogen) atoms. The third-order valence-corrected chi connectivity index (χ3v) is 4.35. The van der Waals surface area contributed by atoms with Gasteiger partial charge in [-0.3, -0.25) is 0 Å². The second-order valence-corrected chi connectivity index (χ2v) is 6.38. The smallest absolute Gasteiger partial charge is 0.387 e. The van der Waals surface area contributed by atoms with Gasteiger partial charge >= 0.3 is 6.61 Å². The molecule has 0 unspecified atom stereocenters. The van der Waals surface area contributed by atoms with Gasteiger partial charge < -0.3 is 14.0 Å². The van der Waals surface area contributed by atoms with Crippen LogP contribution in [0.5, 0.6) is 11.5 Å². The summed E-state index contributed by atoms with van der Waals surface area (Å²) >= 11 is 3.48. The molecule has 0 saturated carbocycles. The van der Waals surface area contributed by atoms with Crippen LogP contribution in [-0.2, 0) is 6.54 Å². The minimum atomic E-state index is -2.83. The predicted molar refractivity (Wildman–Crippen MR) is 89.6 cm³/mol. The zero-order valence-electron chi connectivity index (χ0n) is 12.5. The fourth-order valence-electron chi connectivity index (χ4n) is 2.94. The standard InChI is InChI=1S/C17H13BrF2N2O2/c18-11-8-13-15-14(9-11)23-7-1-6-22(15)16(21-13)10-2-4-12(5-3-10)24-17(19)20/h2-5,8-9,17H,1,6-7H2. The molecule has 124 valence electrons. The van der Waals surface area contributed by atoms with Crippen LogP contribution in [0.25, 0.3) is 22.4 Å². The molecule has 7 heteroatoms. The van der Waals surface area contributed by atoms with E-state index in [4.69, 9.17) is 9.72 Å². The quantitative estimate of drug-likeness (QED) is 0.636. The fourth-order valence-corrected chi connectivity index (χ4v) is 3.36. The van der Waals surface area contributed by atoms with Gasteiger partial charge in [0.15, 0.2) is 0 Å². The van der Waals surface area contributed by atoms with Gasteiger partial charge in [0.05, 0.1) is 12.1 Å². The lowest BCUT2D eigenvalue weighted by atomic mass is 10.2. The number of hydrogen-bond donors (Lipinski definition) is 0. The lowest BCUT2D eigenvalue weighted by Gasteiger charge is -2.08. The molecule has 2 heterocycles. The Labute approximate surface area is 145 Å². The van der Waals surface area contributed by atoms with Crippen molar-refractivity contribution in [2.24, 2.45) is 0 Å². The predicted octanol–water partition coefficient (Wildman–Crippen LogP) is 4.85. The summed E-state index contributed by atoms with van der Waals surface area (Å²) in [6.07, 6.45) is 0.872. The van der Waals surface area contributed by atoms with Crippen LogP contribution in [0.15, 0.2) is 40.9 Å². The Kier molecular flexibility index (Phi) is 3.88. The molecule has 0 N–H and O–H groups in total. The number of imidazole rings is 1. The topological polar surface area (TPSA) is 36.3 Å². The number of nitrogens with zero attached hydrogens (tertiary/aromatic N) is 2. The molecule has 0 radical (unpaired) electrons. The van der Waals surface area contributed by atoms with E-state index >= 15 is 0 Å². The Balaban J connectivity index is 1.83. The molecule has 0 amide bonds. The third-order valence-electron chi connectivity index (χ3n) is 3.89. The van der Waals surface area contributed by atoms with E-state index in [0.29, 0.717) is 6.61 Å². The number of aromatic nitrogens is 2. The average molecular weight is 395 g/mol. The Morgan fingerprint density at radius 2 is 2.00 bits per heavy atom. The number of aryl methyl sites for hydroxylation is 1. The Morgan fingerprint density at radius 1 is 1.21 bits per heavy atom. The van der Waals surface area contributed by atoms with E-state index in [1.165, 1.54) is 12.1 Å². The summed E-state index contributed by atoms with van der Waals surface area (Å²) in [7, 11) is 0. The fraction of sp³-hybridized carbons (Fsp3) is 0.235. The van der Waals surface area contributed by atoms with E-state index in [1.807, 2.05) is 12.1 Å². The van der Waals surface area contributed by atoms with Crippen LogP contribution in [-0.4, -0.2) is 22.8 Å². The minimum absolute atomic E-state index is 0.132. The van der Waals surface area contributed by atoms with E-state index < -0.39 is 6.61 Å². The zero-order valence-corrected chi connectivity index (χ0v) is 14.1. The van der Waals surface area contributed by atoms with Crippen LogP contribution >= 0.6 is 15.9 Å². The van der Waals surface area contributed by atoms with Crippen molar-refractivity contribution in [3.8, 4) is 22.9 Å². The van der Waals surface area contributed by atoms with Crippen molar-refractivity contribution in [2.75, 3.05) is 6.61 Å². The highest BCUT2D eigenvalue weighted by molar-refractivity contribution is 9.10. The molecule has 0 bridgehead atoms. The van der Waals surface area contributed by atoms with E-state index in [9.17, 15) is 8.78 Å². The van der Waals surface area contributed by atoms with Crippen molar-refractivity contribution in [3.05, 3.63) is 40.9 Å². The molecule has 0 aliphatic carbocycles. The van der Waals surface area contributed by atoms with E-state index in [-0.39, 0.29) is 5.75 Å². The number of ether oxygens (including phenoxy) is 2. The first-order valence-corrected chi connectivity index (χ1v) is 8.29. The number of hydrogen-bond acceptors (Lipinski definition) is 3. The summed E-state index contributed by atoms with van der Waals surface area (Å²) < 4.78 is 37.8. The van der Waals surface area contributed by atoms with Crippen molar-refractivity contribution in [3.63, 3.8) is 0 Å². The molecule has 1 aliphatic rings. The van der Waals surface area contributed by atoms with Gasteiger partial charge in [0.25, 0.3) is 0 Å². The largest absolute Gasteiger partial charge is 0.491 e. The number of benzene rings is 2. The first-order chi connectivity index (χ1) is 11.6. The maximum absolute atomic E-state index is 12.3. The Bertz CT molecular complexity index is 894. The molecule has 0 spiro atoms. The second kappa shape index (κ2) is 6.05. The van der Waals surface area contributed by atoms with Crippen LogP contribution in [0.4, 0.5) is 8.78 Å². The van der Waals surface area contributed by atoms with Crippen LogP contribution in [0.2, 0.25) is 0 Å². The minimum Gasteiger partial charge on any atom is -0.491 e. The molecule has 1 aromatic heterocycles. The summed E-state index contributed by atoms with van der Waals surface area (Å²) in [6.45, 7) is -1.39. The lowest BCUT2D eigenvalue weighted by molar-refractivity contribution is -0.0498. The van der Waals surface area contributed by atoms with Crippen molar-refractivity contribution >= 4 is 27.0 Å². The molecule has 0 atom stereocenters. The number of alkyl halides is 2. The number of halogens is 3. The van der Waals surface area contributed by atoms with Crippen molar-refractivity contribution in [2.45, 2.75) is 19.6 Å². The monoisotopic (exact) mass is 394 g/mol. The molecule has 0 fully saturated rings. The van der Waals surface area contributed by atoms with Crippen LogP contribution in [0, 0.1) is 0 Å². The lowest BCUT2D eigenvalue weighted by Crippen LogP contribution is -2.02. The van der Waals surface area contributed by atoms with Crippen LogP contribution < -0.4 is 9.47 Å². The number of rotatable bonds is 3. The van der Waals surface area contributed by atoms with Crippen LogP contribution in [0.1, 0.15) is 6.42 Å². The summed E-state index contributed by atoms with van der Waals surface area (Å²) in [5.41, 5.74) is 2.64. The van der Waals surface area contributed by atoms with Crippen molar-refractivity contribution < 1.29 is 18.3 Å². The zero-order chi connectivity index (χ0) is 16.7. The molecule has 4 nitrogen and oxygen atoms in total. The van der Waals surface area contributed by atoms with Gasteiger partial charge in [-0.1, -0.05) is 15.9 Å². The van der Waals surface area contributed by atoms with Crippen LogP contribution in [0.3, 0.4) is 0 Å². The maximum Gasteiger partial charge on any atom is 0.387 e. The molecular weight excluding hydrogens is 382 g/mol. The molecule has 0 saturated heterocycles. The van der Waals surface area contributed by atoms with Gasteiger partial charge in [-0.2, -0.15) is 8.78 Å². The highest BCUT2D eigenvalue weighted by Crippen LogP contribution is 2.36. The van der Waals surface area contributed by atoms with Gasteiger partial charge in [-0.15, -0.1) is 0 Å². The van der Waals surface area contributed by atoms with E-state index in [2.05, 4.69) is 25.2 Å². The molecular formula is C17H13BrF2N2O2. The molecule has 4 rings (SSSR count). The molecule has 3 aromatic rings. The maximum atomic E-state index is 12.3. The molecule has 2 aromatic carbocycles. The first-order valence-electron chi connectivity index (χ1n) is 7.49. The summed E-state index contributed by atoms with van der Waals surface area (Å²) in [5.74, 6) is 1.72. The highest BCUT2D eigenvalue weighted by atomic mass is 79.9. The average Bonchev–Trinajstić information content (AvgIpc) is 2.76. The van der Waals surface area contributed by atoms with E-state index in [0.717, 1.165) is 45.6 Å². The Morgan fingerprint density at radius 3 is 2.75 bits per heavy atom. The summed E-state index contributed by atoms with van der Waals surface area (Å²) in [6, 6.07) is 10.4. The Hall–Kier alpha value is -2.15. The second-order valence-electron chi connectivity index (χ2n) is 5.46. The summed E-state index contributed by atoms with van der Waals surface area (Å²) in [5, 5.41) is 0. The summed E-state index contributed by atoms with van der Waals surface area (Å²) in [4.78, 5) is 4.71. The van der Waals surface area contributed by atoms with Gasteiger partial charge in [0, 0.05) is 16.6 Å². The molecule has 1 aliphatic heterocycles. The SMILES string of the molecule is FC(F)Oc1ccc(-c2nc3cc(Br)cc4c3n2CCCO4)cc1. The first kappa shape index (κ1) is 15.4. The third kappa shape index (κ3) is 2.73. The highest BCUT2D eigenvalue weighted by Gasteiger charge is 2.19. The van der Waals surface area contributed by atoms with Gasteiger partial charge in [0.2, 0.25) is 0 Å². The van der Waals surface area contributed by atoms with Gasteiger partial charge in [-0.05, 0) is 42.8 Å².